The monoisotopic (exact) mass is 438 g/mol. The molecule has 0 aromatic carbocycles. The minimum Gasteiger partial charge on any atom is -0.383 e. The van der Waals surface area contributed by atoms with Gasteiger partial charge in [0.25, 0.3) is 0 Å². The summed E-state index contributed by atoms with van der Waals surface area (Å²) in [5, 5.41) is 8.01. The van der Waals surface area contributed by atoms with E-state index in [1.54, 1.807) is 7.11 Å². The molecule has 2 heterocycles. The van der Waals surface area contributed by atoms with Crippen LogP contribution in [0.4, 0.5) is 0 Å². The number of halogens is 1. The topological polar surface area (TPSA) is 59.6 Å². The Hall–Kier alpha value is -1.80. The van der Waals surface area contributed by atoms with Crippen LogP contribution >= 0.6 is 15.9 Å². The Morgan fingerprint density at radius 3 is 2.74 bits per heavy atom. The number of aryl methyl sites for hydroxylation is 2. The van der Waals surface area contributed by atoms with Crippen LogP contribution in [0.1, 0.15) is 29.6 Å². The van der Waals surface area contributed by atoms with Crippen molar-refractivity contribution in [3.63, 3.8) is 0 Å². The van der Waals surface area contributed by atoms with Crippen LogP contribution in [0.15, 0.2) is 21.7 Å². The van der Waals surface area contributed by atoms with Crippen molar-refractivity contribution in [1.82, 2.24) is 24.6 Å². The average molecular weight is 439 g/mol. The van der Waals surface area contributed by atoms with Gasteiger partial charge in [0.05, 0.1) is 31.9 Å². The fourth-order valence-electron chi connectivity index (χ4n) is 3.02. The van der Waals surface area contributed by atoms with Crippen LogP contribution < -0.4 is 5.32 Å². The van der Waals surface area contributed by atoms with Crippen LogP contribution in [0.5, 0.6) is 0 Å². The number of aromatic nitrogens is 3. The number of nitrogens with zero attached hydrogens (tertiary/aromatic N) is 5. The number of nitrogens with one attached hydrogen (secondary N) is 1. The summed E-state index contributed by atoms with van der Waals surface area (Å²) in [5.41, 5.74) is 4.57. The summed E-state index contributed by atoms with van der Waals surface area (Å²) in [6.07, 6.45) is 2.06. The lowest BCUT2D eigenvalue weighted by atomic mass is 10.2. The van der Waals surface area contributed by atoms with Gasteiger partial charge in [-0.15, -0.1) is 0 Å². The summed E-state index contributed by atoms with van der Waals surface area (Å²) < 4.78 is 10.4. The van der Waals surface area contributed by atoms with E-state index < -0.39 is 0 Å². The van der Waals surface area contributed by atoms with Gasteiger partial charge in [0.15, 0.2) is 5.96 Å². The Morgan fingerprint density at radius 2 is 2.15 bits per heavy atom. The zero-order valence-electron chi connectivity index (χ0n) is 17.2. The molecule has 0 fully saturated rings. The molecule has 0 aliphatic rings. The molecule has 0 bridgehead atoms. The zero-order valence-corrected chi connectivity index (χ0v) is 18.8. The van der Waals surface area contributed by atoms with Gasteiger partial charge in [0.1, 0.15) is 0 Å². The van der Waals surface area contributed by atoms with Gasteiger partial charge in [-0.05, 0) is 42.8 Å². The molecule has 27 heavy (non-hydrogen) atoms. The predicted octanol–water partition coefficient (Wildman–Crippen LogP) is 2.84. The molecular weight excluding hydrogens is 408 g/mol. The molecule has 7 nitrogen and oxygen atoms in total. The Balaban J connectivity index is 2.15. The van der Waals surface area contributed by atoms with E-state index in [1.165, 1.54) is 11.3 Å². The highest BCUT2D eigenvalue weighted by Gasteiger charge is 2.13. The van der Waals surface area contributed by atoms with Crippen molar-refractivity contribution in [2.75, 3.05) is 27.3 Å². The standard InChI is InChI=1S/C19H31BrN6O/c1-7-21-19(25(5)13-17-10-16(20)12-24(17)4)22-11-18-14(2)23-26(15(18)3)8-9-27-6/h10,12H,7-9,11,13H2,1-6H3,(H,21,22). The molecule has 0 radical (unpaired) electrons. The number of hydrogen-bond acceptors (Lipinski definition) is 3. The molecule has 0 amide bonds. The lowest BCUT2D eigenvalue weighted by molar-refractivity contribution is 0.182. The lowest BCUT2D eigenvalue weighted by Crippen LogP contribution is -2.38. The highest BCUT2D eigenvalue weighted by Crippen LogP contribution is 2.16. The molecule has 0 aliphatic carbocycles. The van der Waals surface area contributed by atoms with E-state index in [2.05, 4.69) is 76.0 Å². The highest BCUT2D eigenvalue weighted by molar-refractivity contribution is 9.10. The van der Waals surface area contributed by atoms with Gasteiger partial charge in [0.2, 0.25) is 0 Å². The third-order valence-electron chi connectivity index (χ3n) is 4.60. The Kier molecular flexibility index (Phi) is 7.91. The molecule has 2 aromatic heterocycles. The molecule has 8 heteroatoms. The molecule has 2 rings (SSSR count). The molecule has 0 unspecified atom stereocenters. The summed E-state index contributed by atoms with van der Waals surface area (Å²) in [5.74, 6) is 0.887. The Morgan fingerprint density at radius 1 is 1.41 bits per heavy atom. The van der Waals surface area contributed by atoms with Crippen molar-refractivity contribution in [2.45, 2.75) is 40.4 Å². The van der Waals surface area contributed by atoms with Crippen LogP contribution in [0.3, 0.4) is 0 Å². The van der Waals surface area contributed by atoms with E-state index in [-0.39, 0.29) is 0 Å². The summed E-state index contributed by atoms with van der Waals surface area (Å²) >= 11 is 3.53. The van der Waals surface area contributed by atoms with E-state index in [0.717, 1.165) is 41.5 Å². The molecule has 0 spiro atoms. The van der Waals surface area contributed by atoms with Crippen molar-refractivity contribution in [3.05, 3.63) is 39.4 Å². The first-order valence-electron chi connectivity index (χ1n) is 9.19. The highest BCUT2D eigenvalue weighted by atomic mass is 79.9. The fraction of sp³-hybridized carbons (Fsp3) is 0.579. The summed E-state index contributed by atoms with van der Waals surface area (Å²) in [7, 11) is 5.82. The fourth-order valence-corrected chi connectivity index (χ4v) is 3.59. The summed E-state index contributed by atoms with van der Waals surface area (Å²) in [6.45, 7) is 9.84. The molecule has 0 atom stereocenters. The van der Waals surface area contributed by atoms with Gasteiger partial charge < -0.3 is 19.5 Å². The van der Waals surface area contributed by atoms with Crippen molar-refractivity contribution in [2.24, 2.45) is 12.0 Å². The Labute approximate surface area is 170 Å². The largest absolute Gasteiger partial charge is 0.383 e. The third kappa shape index (κ3) is 5.59. The van der Waals surface area contributed by atoms with Crippen LogP contribution in [-0.4, -0.2) is 52.5 Å². The number of hydrogen-bond donors (Lipinski definition) is 1. The maximum absolute atomic E-state index is 5.17. The molecule has 2 aromatic rings. The molecule has 1 N–H and O–H groups in total. The zero-order chi connectivity index (χ0) is 20.0. The lowest BCUT2D eigenvalue weighted by Gasteiger charge is -2.22. The molecular formula is C19H31BrN6O. The Bertz CT molecular complexity index is 780. The van der Waals surface area contributed by atoms with Gasteiger partial charge in [-0.2, -0.15) is 5.10 Å². The van der Waals surface area contributed by atoms with E-state index in [9.17, 15) is 0 Å². The SMILES string of the molecule is CCNC(=NCc1c(C)nn(CCOC)c1C)N(C)Cc1cc(Br)cn1C. The van der Waals surface area contributed by atoms with Crippen molar-refractivity contribution in [3.8, 4) is 0 Å². The van der Waals surface area contributed by atoms with Crippen LogP contribution in [0.2, 0.25) is 0 Å². The normalized spacial score (nSPS) is 11.9. The number of ether oxygens (including phenoxy) is 1. The smallest absolute Gasteiger partial charge is 0.194 e. The van der Waals surface area contributed by atoms with E-state index >= 15 is 0 Å². The van der Waals surface area contributed by atoms with Crippen molar-refractivity contribution in [1.29, 1.82) is 0 Å². The summed E-state index contributed by atoms with van der Waals surface area (Å²) in [6, 6.07) is 2.13. The van der Waals surface area contributed by atoms with Gasteiger partial charge >= 0.3 is 0 Å². The van der Waals surface area contributed by atoms with Gasteiger partial charge in [-0.1, -0.05) is 0 Å². The minimum absolute atomic E-state index is 0.605. The maximum atomic E-state index is 5.17. The average Bonchev–Trinajstić information content (AvgIpc) is 3.07. The second-order valence-corrected chi connectivity index (χ2v) is 7.57. The molecule has 150 valence electrons. The predicted molar refractivity (Wildman–Crippen MR) is 113 cm³/mol. The van der Waals surface area contributed by atoms with Crippen LogP contribution in [0, 0.1) is 13.8 Å². The maximum Gasteiger partial charge on any atom is 0.194 e. The molecule has 0 saturated heterocycles. The van der Waals surface area contributed by atoms with Gasteiger partial charge in [-0.3, -0.25) is 4.68 Å². The van der Waals surface area contributed by atoms with Crippen LogP contribution in [-0.2, 0) is 31.4 Å². The number of guanidine groups is 1. The molecule has 0 saturated carbocycles. The van der Waals surface area contributed by atoms with Crippen molar-refractivity contribution < 1.29 is 4.74 Å². The van der Waals surface area contributed by atoms with E-state index in [1.807, 2.05) is 11.6 Å². The number of rotatable bonds is 8. The second-order valence-electron chi connectivity index (χ2n) is 6.65. The van der Waals surface area contributed by atoms with Gasteiger partial charge in [-0.25, -0.2) is 4.99 Å². The van der Waals surface area contributed by atoms with E-state index in [0.29, 0.717) is 13.2 Å². The summed E-state index contributed by atoms with van der Waals surface area (Å²) in [4.78, 5) is 7.00. The number of methoxy groups -OCH3 is 1. The second kappa shape index (κ2) is 9.94. The quantitative estimate of drug-likeness (QED) is 0.508. The first-order chi connectivity index (χ1) is 12.9. The number of aliphatic imine (C=N–C) groups is 1. The van der Waals surface area contributed by atoms with Gasteiger partial charge in [0, 0.05) is 55.4 Å². The first kappa shape index (κ1) is 21.5. The van der Waals surface area contributed by atoms with E-state index in [4.69, 9.17) is 9.73 Å². The van der Waals surface area contributed by atoms with Crippen molar-refractivity contribution >= 4 is 21.9 Å². The van der Waals surface area contributed by atoms with Crippen LogP contribution in [0.25, 0.3) is 0 Å². The third-order valence-corrected chi connectivity index (χ3v) is 5.03. The minimum atomic E-state index is 0.605. The molecule has 0 aliphatic heterocycles. The first-order valence-corrected chi connectivity index (χ1v) is 9.98.